The lowest BCUT2D eigenvalue weighted by molar-refractivity contribution is 0.927. The van der Waals surface area contributed by atoms with Crippen LogP contribution in [0.3, 0.4) is 0 Å². The van der Waals surface area contributed by atoms with E-state index in [-0.39, 0.29) is 6.04 Å². The predicted molar refractivity (Wildman–Crippen MR) is 59.8 cm³/mol. The van der Waals surface area contributed by atoms with E-state index in [0.717, 1.165) is 11.1 Å². The maximum atomic E-state index is 5.72. The highest BCUT2D eigenvalue weighted by Crippen LogP contribution is 2.23. The second kappa shape index (κ2) is 2.79. The minimum Gasteiger partial charge on any atom is -0.384 e. The van der Waals surface area contributed by atoms with Gasteiger partial charge in [-0.15, -0.1) is 0 Å². The molecule has 2 N–H and O–H groups in total. The maximum absolute atomic E-state index is 5.72. The van der Waals surface area contributed by atoms with Crippen molar-refractivity contribution in [3.05, 3.63) is 46.6 Å². The Labute approximate surface area is 87.4 Å². The lowest BCUT2D eigenvalue weighted by Crippen LogP contribution is -2.27. The van der Waals surface area contributed by atoms with Crippen LogP contribution >= 0.6 is 0 Å². The van der Waals surface area contributed by atoms with Gasteiger partial charge in [-0.3, -0.25) is 4.99 Å². The van der Waals surface area contributed by atoms with E-state index in [1.165, 1.54) is 10.8 Å². The van der Waals surface area contributed by atoms with E-state index < -0.39 is 0 Å². The number of benzene rings is 1. The Morgan fingerprint density at radius 2 is 2.07 bits per heavy atom. The number of nitrogens with zero attached hydrogens (tertiary/aromatic N) is 2. The van der Waals surface area contributed by atoms with Gasteiger partial charge < -0.3 is 5.73 Å². The van der Waals surface area contributed by atoms with Crippen LogP contribution in [0.2, 0.25) is 0 Å². The van der Waals surface area contributed by atoms with Crippen molar-refractivity contribution in [2.75, 3.05) is 0 Å². The highest BCUT2D eigenvalue weighted by molar-refractivity contribution is 5.98. The Hall–Kier alpha value is -1.90. The van der Waals surface area contributed by atoms with Gasteiger partial charge in [0.1, 0.15) is 5.84 Å². The number of fused-ring (bicyclic) bond motifs is 2. The van der Waals surface area contributed by atoms with Crippen molar-refractivity contribution in [3.8, 4) is 0 Å². The van der Waals surface area contributed by atoms with Crippen molar-refractivity contribution in [3.63, 3.8) is 0 Å². The van der Waals surface area contributed by atoms with E-state index in [4.69, 9.17) is 5.73 Å². The van der Waals surface area contributed by atoms with Gasteiger partial charge >= 0.3 is 0 Å². The summed E-state index contributed by atoms with van der Waals surface area (Å²) >= 11 is 0. The Morgan fingerprint density at radius 3 is 2.93 bits per heavy atom. The first-order valence-corrected chi connectivity index (χ1v) is 4.99. The summed E-state index contributed by atoms with van der Waals surface area (Å²) in [7, 11) is 0. The number of nitrogens with two attached hydrogens (primary N) is 1. The molecule has 1 aromatic carbocycles. The summed E-state index contributed by atoms with van der Waals surface area (Å²) in [5, 5.41) is 2.21. The van der Waals surface area contributed by atoms with Crippen molar-refractivity contribution >= 4 is 11.4 Å². The highest BCUT2D eigenvalue weighted by atomic mass is 14.9. The van der Waals surface area contributed by atoms with Crippen LogP contribution in [0.5, 0.6) is 0 Å². The summed E-state index contributed by atoms with van der Waals surface area (Å²) in [6.45, 7) is 2.05. The number of hydrogen-bond donors (Lipinski definition) is 1. The van der Waals surface area contributed by atoms with Gasteiger partial charge in [0.2, 0.25) is 0 Å². The molecule has 15 heavy (non-hydrogen) atoms. The molecule has 0 radical (unpaired) electrons. The SMILES string of the molecule is CC1N=C(N)C=C2N=c3ccccc3=C21. The smallest absolute Gasteiger partial charge is 0.121 e. The molecule has 0 saturated carbocycles. The first-order chi connectivity index (χ1) is 7.25. The van der Waals surface area contributed by atoms with E-state index in [0.29, 0.717) is 5.84 Å². The molecule has 1 atom stereocenters. The lowest BCUT2D eigenvalue weighted by atomic mass is 10.0. The molecule has 0 amide bonds. The molecule has 2 aliphatic rings. The molecule has 0 fully saturated rings. The van der Waals surface area contributed by atoms with Crippen molar-refractivity contribution < 1.29 is 0 Å². The summed E-state index contributed by atoms with van der Waals surface area (Å²) in [5.41, 5.74) is 7.88. The third kappa shape index (κ3) is 1.13. The molecule has 1 unspecified atom stereocenters. The molecule has 74 valence electrons. The highest BCUT2D eigenvalue weighted by Gasteiger charge is 2.21. The molecular formula is C12H11N3. The molecular weight excluding hydrogens is 186 g/mol. The molecule has 0 aliphatic carbocycles. The maximum Gasteiger partial charge on any atom is 0.121 e. The van der Waals surface area contributed by atoms with E-state index in [9.17, 15) is 0 Å². The van der Waals surface area contributed by atoms with Crippen LogP contribution in [-0.2, 0) is 0 Å². The number of amidine groups is 1. The molecule has 0 saturated heterocycles. The number of dihydropyridines is 1. The fourth-order valence-electron chi connectivity index (χ4n) is 2.14. The van der Waals surface area contributed by atoms with Crippen molar-refractivity contribution in [2.45, 2.75) is 13.0 Å². The van der Waals surface area contributed by atoms with E-state index >= 15 is 0 Å². The number of hydrogen-bond acceptors (Lipinski definition) is 3. The lowest BCUT2D eigenvalue weighted by Gasteiger charge is -2.14. The van der Waals surface area contributed by atoms with Gasteiger partial charge in [0.15, 0.2) is 0 Å². The van der Waals surface area contributed by atoms with Crippen molar-refractivity contribution in [1.82, 2.24) is 0 Å². The average molecular weight is 197 g/mol. The van der Waals surface area contributed by atoms with Gasteiger partial charge in [0, 0.05) is 16.9 Å². The van der Waals surface area contributed by atoms with Crippen LogP contribution in [0.15, 0.2) is 46.0 Å². The number of rotatable bonds is 0. The van der Waals surface area contributed by atoms with Gasteiger partial charge in [-0.2, -0.15) is 0 Å². The minimum atomic E-state index is 0.109. The van der Waals surface area contributed by atoms with Crippen LogP contribution in [0.4, 0.5) is 0 Å². The summed E-state index contributed by atoms with van der Waals surface area (Å²) in [4.78, 5) is 8.88. The molecule has 2 heterocycles. The summed E-state index contributed by atoms with van der Waals surface area (Å²) < 4.78 is 0. The van der Waals surface area contributed by atoms with Crippen LogP contribution in [0.25, 0.3) is 5.57 Å². The van der Waals surface area contributed by atoms with E-state index in [2.05, 4.69) is 16.1 Å². The molecule has 1 aromatic rings. The zero-order valence-corrected chi connectivity index (χ0v) is 8.44. The van der Waals surface area contributed by atoms with Crippen LogP contribution in [0.1, 0.15) is 6.92 Å². The molecule has 0 spiro atoms. The Kier molecular flexibility index (Phi) is 1.57. The van der Waals surface area contributed by atoms with Gasteiger partial charge in [0.05, 0.1) is 17.1 Å². The average Bonchev–Trinajstić information content (AvgIpc) is 2.54. The van der Waals surface area contributed by atoms with Gasteiger partial charge in [0.25, 0.3) is 0 Å². The van der Waals surface area contributed by atoms with Crippen molar-refractivity contribution in [2.24, 2.45) is 15.7 Å². The zero-order chi connectivity index (χ0) is 10.4. The molecule has 3 rings (SSSR count). The minimum absolute atomic E-state index is 0.109. The molecule has 3 nitrogen and oxygen atoms in total. The monoisotopic (exact) mass is 197 g/mol. The molecule has 0 bridgehead atoms. The predicted octanol–water partition coefficient (Wildman–Crippen LogP) is 0.114. The summed E-state index contributed by atoms with van der Waals surface area (Å²) in [5.74, 6) is 0.567. The quantitative estimate of drug-likeness (QED) is 0.630. The summed E-state index contributed by atoms with van der Waals surface area (Å²) in [6, 6.07) is 8.23. The standard InChI is InChI=1S/C12H11N3/c1-7-12-8-4-2-3-5-9(8)15-10(12)6-11(13)14-7/h2-7H,1H3,(H2,13,14). The van der Waals surface area contributed by atoms with Crippen molar-refractivity contribution in [1.29, 1.82) is 0 Å². The van der Waals surface area contributed by atoms with Gasteiger partial charge in [-0.05, 0) is 13.0 Å². The third-order valence-corrected chi connectivity index (χ3v) is 2.76. The Balaban J connectivity index is 2.40. The normalized spacial score (nSPS) is 22.5. The summed E-state index contributed by atoms with van der Waals surface area (Å²) in [6.07, 6.45) is 1.84. The number of para-hydroxylation sites is 1. The molecule has 0 aromatic heterocycles. The number of aliphatic imine (C=N–C) groups is 1. The van der Waals surface area contributed by atoms with E-state index in [1.807, 2.05) is 31.2 Å². The van der Waals surface area contributed by atoms with Gasteiger partial charge in [-0.1, -0.05) is 18.2 Å². The Bertz CT molecular complexity index is 608. The second-order valence-corrected chi connectivity index (χ2v) is 3.80. The fourth-order valence-corrected chi connectivity index (χ4v) is 2.14. The zero-order valence-electron chi connectivity index (χ0n) is 8.44. The van der Waals surface area contributed by atoms with Gasteiger partial charge in [-0.25, -0.2) is 4.99 Å². The largest absolute Gasteiger partial charge is 0.384 e. The first-order valence-electron chi connectivity index (χ1n) is 4.99. The second-order valence-electron chi connectivity index (χ2n) is 3.80. The fraction of sp³-hybridized carbons (Fsp3) is 0.167. The topological polar surface area (TPSA) is 50.7 Å². The molecule has 2 aliphatic heterocycles. The Morgan fingerprint density at radius 1 is 1.27 bits per heavy atom. The van der Waals surface area contributed by atoms with Crippen LogP contribution in [0, 0.1) is 0 Å². The van der Waals surface area contributed by atoms with Crippen LogP contribution in [-0.4, -0.2) is 11.9 Å². The van der Waals surface area contributed by atoms with Crippen LogP contribution < -0.4 is 16.3 Å². The van der Waals surface area contributed by atoms with E-state index in [1.54, 1.807) is 0 Å². The third-order valence-electron chi connectivity index (χ3n) is 2.76. The first kappa shape index (κ1) is 8.41. The molecule has 3 heteroatoms.